The summed E-state index contributed by atoms with van der Waals surface area (Å²) in [6.45, 7) is 3.12. The topological polar surface area (TPSA) is 64.3 Å². The van der Waals surface area contributed by atoms with Gasteiger partial charge < -0.3 is 15.8 Å². The summed E-state index contributed by atoms with van der Waals surface area (Å²) in [6.07, 6.45) is 3.16. The average molecular weight is 214 g/mol. The standard InChI is InChI=1S/C11H22N2O2/c1-8(9-3-4-9)11(14)13-10(5-6-12)7-15-2/h8-10H,3-7,12H2,1-2H3,(H,13,14). The first-order chi connectivity index (χ1) is 7.19. The first kappa shape index (κ1) is 12.5. The molecule has 0 aromatic heterocycles. The third-order valence-electron chi connectivity index (χ3n) is 2.97. The largest absolute Gasteiger partial charge is 0.383 e. The zero-order valence-electron chi connectivity index (χ0n) is 9.66. The van der Waals surface area contributed by atoms with E-state index in [2.05, 4.69) is 5.32 Å². The second kappa shape index (κ2) is 6.08. The van der Waals surface area contributed by atoms with Gasteiger partial charge in [0.05, 0.1) is 12.6 Å². The van der Waals surface area contributed by atoms with Crippen molar-refractivity contribution in [1.82, 2.24) is 5.32 Å². The van der Waals surface area contributed by atoms with Crippen LogP contribution in [0.15, 0.2) is 0 Å². The molecule has 0 spiro atoms. The van der Waals surface area contributed by atoms with Gasteiger partial charge in [-0.3, -0.25) is 4.79 Å². The van der Waals surface area contributed by atoms with Crippen LogP contribution in [-0.2, 0) is 9.53 Å². The maximum atomic E-state index is 11.8. The Morgan fingerprint density at radius 1 is 1.60 bits per heavy atom. The number of amides is 1. The van der Waals surface area contributed by atoms with Gasteiger partial charge in [0.1, 0.15) is 0 Å². The van der Waals surface area contributed by atoms with E-state index in [1.165, 1.54) is 12.8 Å². The second-order valence-corrected chi connectivity index (χ2v) is 4.36. The smallest absolute Gasteiger partial charge is 0.223 e. The first-order valence-electron chi connectivity index (χ1n) is 5.68. The number of rotatable bonds is 7. The Kier molecular flexibility index (Phi) is 5.05. The summed E-state index contributed by atoms with van der Waals surface area (Å²) in [5.41, 5.74) is 5.48. The number of carbonyl (C=O) groups is 1. The van der Waals surface area contributed by atoms with Gasteiger partial charge in [0.25, 0.3) is 0 Å². The minimum absolute atomic E-state index is 0.0636. The highest BCUT2D eigenvalue weighted by Crippen LogP contribution is 2.36. The molecule has 0 heterocycles. The lowest BCUT2D eigenvalue weighted by atomic mass is 10.0. The molecule has 2 atom stereocenters. The Bertz CT molecular complexity index is 199. The van der Waals surface area contributed by atoms with Crippen molar-refractivity contribution >= 4 is 5.91 Å². The molecule has 0 aliphatic heterocycles. The quantitative estimate of drug-likeness (QED) is 0.649. The number of nitrogens with two attached hydrogens (primary N) is 1. The molecule has 1 amide bonds. The fraction of sp³-hybridized carbons (Fsp3) is 0.909. The molecule has 1 fully saturated rings. The van der Waals surface area contributed by atoms with Crippen LogP contribution >= 0.6 is 0 Å². The Hall–Kier alpha value is -0.610. The SMILES string of the molecule is COCC(CCN)NC(=O)C(C)C1CC1. The maximum absolute atomic E-state index is 11.8. The molecule has 0 radical (unpaired) electrons. The van der Waals surface area contributed by atoms with E-state index in [1.807, 2.05) is 6.92 Å². The van der Waals surface area contributed by atoms with Crippen LogP contribution in [0.5, 0.6) is 0 Å². The zero-order valence-corrected chi connectivity index (χ0v) is 9.66. The van der Waals surface area contributed by atoms with Crippen LogP contribution in [0.3, 0.4) is 0 Å². The molecule has 4 heteroatoms. The van der Waals surface area contributed by atoms with Crippen molar-refractivity contribution in [3.05, 3.63) is 0 Å². The fourth-order valence-electron chi connectivity index (χ4n) is 1.74. The van der Waals surface area contributed by atoms with Gasteiger partial charge in [-0.15, -0.1) is 0 Å². The summed E-state index contributed by atoms with van der Waals surface area (Å²) < 4.78 is 5.04. The molecular weight excluding hydrogens is 192 g/mol. The van der Waals surface area contributed by atoms with E-state index in [1.54, 1.807) is 7.11 Å². The summed E-state index contributed by atoms with van der Waals surface area (Å²) in [5.74, 6) is 0.890. The minimum Gasteiger partial charge on any atom is -0.383 e. The predicted octanol–water partition coefficient (Wildman–Crippen LogP) is 0.513. The molecule has 0 saturated heterocycles. The van der Waals surface area contributed by atoms with E-state index in [-0.39, 0.29) is 17.9 Å². The summed E-state index contributed by atoms with van der Waals surface area (Å²) in [5, 5.41) is 3.00. The molecule has 4 nitrogen and oxygen atoms in total. The molecular formula is C11H22N2O2. The normalized spacial score (nSPS) is 19.7. The van der Waals surface area contributed by atoms with Crippen molar-refractivity contribution in [3.8, 4) is 0 Å². The minimum atomic E-state index is 0.0636. The van der Waals surface area contributed by atoms with E-state index in [4.69, 9.17) is 10.5 Å². The van der Waals surface area contributed by atoms with Gasteiger partial charge in [0.2, 0.25) is 5.91 Å². The Balaban J connectivity index is 2.31. The van der Waals surface area contributed by atoms with Crippen LogP contribution in [0.1, 0.15) is 26.2 Å². The zero-order chi connectivity index (χ0) is 11.3. The van der Waals surface area contributed by atoms with Crippen LogP contribution in [0, 0.1) is 11.8 Å². The molecule has 1 aliphatic rings. The van der Waals surface area contributed by atoms with E-state index < -0.39 is 0 Å². The molecule has 1 saturated carbocycles. The van der Waals surface area contributed by atoms with Crippen molar-refractivity contribution < 1.29 is 9.53 Å². The highest BCUT2D eigenvalue weighted by molar-refractivity contribution is 5.79. The third kappa shape index (κ3) is 4.18. The summed E-state index contributed by atoms with van der Waals surface area (Å²) in [7, 11) is 1.64. The Labute approximate surface area is 91.5 Å². The molecule has 0 aromatic carbocycles. The highest BCUT2D eigenvalue weighted by Gasteiger charge is 2.33. The monoisotopic (exact) mass is 214 g/mol. The van der Waals surface area contributed by atoms with Crippen molar-refractivity contribution in [3.63, 3.8) is 0 Å². The predicted molar refractivity (Wildman–Crippen MR) is 59.4 cm³/mol. The molecule has 0 aromatic rings. The van der Waals surface area contributed by atoms with Gasteiger partial charge in [-0.2, -0.15) is 0 Å². The van der Waals surface area contributed by atoms with E-state index in [9.17, 15) is 4.79 Å². The molecule has 1 aliphatic carbocycles. The second-order valence-electron chi connectivity index (χ2n) is 4.36. The van der Waals surface area contributed by atoms with Crippen molar-refractivity contribution in [2.75, 3.05) is 20.3 Å². The van der Waals surface area contributed by atoms with Crippen molar-refractivity contribution in [1.29, 1.82) is 0 Å². The summed E-state index contributed by atoms with van der Waals surface area (Å²) in [6, 6.07) is 0.0636. The Morgan fingerprint density at radius 2 is 2.27 bits per heavy atom. The van der Waals surface area contributed by atoms with Gasteiger partial charge in [-0.25, -0.2) is 0 Å². The lowest BCUT2D eigenvalue weighted by Crippen LogP contribution is -2.42. The average Bonchev–Trinajstić information content (AvgIpc) is 3.00. The van der Waals surface area contributed by atoms with Crippen LogP contribution in [0.25, 0.3) is 0 Å². The van der Waals surface area contributed by atoms with Crippen LogP contribution in [0.4, 0.5) is 0 Å². The summed E-state index contributed by atoms with van der Waals surface area (Å²) >= 11 is 0. The van der Waals surface area contributed by atoms with Crippen molar-refractivity contribution in [2.45, 2.75) is 32.2 Å². The number of hydrogen-bond acceptors (Lipinski definition) is 3. The van der Waals surface area contributed by atoms with Gasteiger partial charge in [0.15, 0.2) is 0 Å². The van der Waals surface area contributed by atoms with Gasteiger partial charge in [-0.1, -0.05) is 6.92 Å². The third-order valence-corrected chi connectivity index (χ3v) is 2.97. The number of methoxy groups -OCH3 is 1. The number of ether oxygens (including phenoxy) is 1. The molecule has 1 rings (SSSR count). The molecule has 88 valence electrons. The first-order valence-corrected chi connectivity index (χ1v) is 5.68. The molecule has 15 heavy (non-hydrogen) atoms. The fourth-order valence-corrected chi connectivity index (χ4v) is 1.74. The number of nitrogens with one attached hydrogen (secondary N) is 1. The Morgan fingerprint density at radius 3 is 2.73 bits per heavy atom. The summed E-state index contributed by atoms with van der Waals surface area (Å²) in [4.78, 5) is 11.8. The molecule has 2 unspecified atom stereocenters. The number of hydrogen-bond donors (Lipinski definition) is 2. The van der Waals surface area contributed by atoms with E-state index >= 15 is 0 Å². The van der Waals surface area contributed by atoms with Crippen LogP contribution < -0.4 is 11.1 Å². The van der Waals surface area contributed by atoms with Gasteiger partial charge in [0, 0.05) is 13.0 Å². The van der Waals surface area contributed by atoms with Gasteiger partial charge >= 0.3 is 0 Å². The highest BCUT2D eigenvalue weighted by atomic mass is 16.5. The van der Waals surface area contributed by atoms with Gasteiger partial charge in [-0.05, 0) is 31.7 Å². The number of carbonyl (C=O) groups excluding carboxylic acids is 1. The van der Waals surface area contributed by atoms with Crippen LogP contribution in [0.2, 0.25) is 0 Å². The van der Waals surface area contributed by atoms with E-state index in [0.29, 0.717) is 19.1 Å². The molecule has 3 N–H and O–H groups in total. The maximum Gasteiger partial charge on any atom is 0.223 e. The lowest BCUT2D eigenvalue weighted by Gasteiger charge is -2.19. The molecule has 0 bridgehead atoms. The lowest BCUT2D eigenvalue weighted by molar-refractivity contribution is -0.126. The van der Waals surface area contributed by atoms with Crippen LogP contribution in [-0.4, -0.2) is 32.2 Å². The van der Waals surface area contributed by atoms with Crippen molar-refractivity contribution in [2.24, 2.45) is 17.6 Å². The van der Waals surface area contributed by atoms with E-state index in [0.717, 1.165) is 6.42 Å².